The second kappa shape index (κ2) is 3.79. The van der Waals surface area contributed by atoms with Crippen molar-refractivity contribution < 1.29 is 4.42 Å². The van der Waals surface area contributed by atoms with Crippen LogP contribution >= 0.6 is 0 Å². The largest absolute Gasteiger partial charge is 0.454 e. The zero-order chi connectivity index (χ0) is 12.8. The molecule has 0 saturated heterocycles. The number of fused-ring (bicyclic) bond motifs is 3. The fourth-order valence-corrected chi connectivity index (χ4v) is 2.64. The van der Waals surface area contributed by atoms with Crippen LogP contribution in [0.1, 0.15) is 0 Å². The topological polar surface area (TPSA) is 19.6 Å². The third-order valence-electron chi connectivity index (χ3n) is 3.57. The third kappa shape index (κ3) is 1.51. The first-order valence-electron chi connectivity index (χ1n) is 6.38. The van der Waals surface area contributed by atoms with Crippen molar-refractivity contribution in [3.8, 4) is 0 Å². The summed E-state index contributed by atoms with van der Waals surface area (Å²) < 4.78 is 6.04. The van der Waals surface area contributed by atoms with Gasteiger partial charge in [-0.05, 0) is 12.1 Å². The molecule has 1 aromatic heterocycles. The van der Waals surface area contributed by atoms with E-state index in [9.17, 15) is 0 Å². The zero-order valence-electron chi connectivity index (χ0n) is 10.7. The molecule has 0 bridgehead atoms. The van der Waals surface area contributed by atoms with Crippen molar-refractivity contribution in [1.82, 2.24) is 4.90 Å². The molecule has 2 aromatic carbocycles. The van der Waals surface area contributed by atoms with Crippen molar-refractivity contribution in [2.45, 2.75) is 0 Å². The van der Waals surface area contributed by atoms with Crippen molar-refractivity contribution in [3.63, 3.8) is 0 Å². The first kappa shape index (κ1) is 10.5. The highest BCUT2D eigenvalue weighted by atomic mass is 16.3. The molecule has 0 unspecified atom stereocenters. The lowest BCUT2D eigenvalue weighted by atomic mass is 10.1. The van der Waals surface area contributed by atoms with E-state index < -0.39 is 0 Å². The molecule has 19 heavy (non-hydrogen) atoms. The summed E-state index contributed by atoms with van der Waals surface area (Å²) in [4.78, 5) is 4.34. The number of rotatable bonds is 1. The quantitative estimate of drug-likeness (QED) is 0.655. The molecule has 3 nitrogen and oxygen atoms in total. The van der Waals surface area contributed by atoms with Crippen LogP contribution in [0.3, 0.4) is 0 Å². The summed E-state index contributed by atoms with van der Waals surface area (Å²) in [6.45, 7) is 0.857. The number of para-hydroxylation sites is 2. The van der Waals surface area contributed by atoms with E-state index in [0.29, 0.717) is 0 Å². The lowest BCUT2D eigenvalue weighted by molar-refractivity contribution is 0.495. The van der Waals surface area contributed by atoms with Gasteiger partial charge >= 0.3 is 0 Å². The van der Waals surface area contributed by atoms with Gasteiger partial charge in [0.2, 0.25) is 0 Å². The second-order valence-electron chi connectivity index (χ2n) is 4.92. The van der Waals surface area contributed by atoms with E-state index >= 15 is 0 Å². The van der Waals surface area contributed by atoms with Crippen LogP contribution in [0.2, 0.25) is 0 Å². The number of nitrogens with zero attached hydrogens (tertiary/aromatic N) is 2. The minimum absolute atomic E-state index is 0.857. The average molecular weight is 250 g/mol. The summed E-state index contributed by atoms with van der Waals surface area (Å²) >= 11 is 0. The van der Waals surface area contributed by atoms with Gasteiger partial charge in [0.05, 0.1) is 12.4 Å². The smallest absolute Gasteiger partial charge is 0.159 e. The molecule has 0 radical (unpaired) electrons. The molecule has 3 heteroatoms. The fraction of sp³-hybridized carbons (Fsp3) is 0.125. The molecule has 3 aromatic rings. The van der Waals surface area contributed by atoms with Gasteiger partial charge in [0.1, 0.15) is 5.58 Å². The molecule has 94 valence electrons. The predicted octanol–water partition coefficient (Wildman–Crippen LogP) is 3.77. The maximum absolute atomic E-state index is 6.04. The molecule has 1 aliphatic heterocycles. The number of hydrogen-bond donors (Lipinski definition) is 0. The number of hydrogen-bond acceptors (Lipinski definition) is 3. The van der Waals surface area contributed by atoms with Crippen LogP contribution in [0.4, 0.5) is 5.69 Å². The summed E-state index contributed by atoms with van der Waals surface area (Å²) in [5.74, 6) is 0. The van der Waals surface area contributed by atoms with Crippen molar-refractivity contribution in [2.75, 3.05) is 18.6 Å². The number of furan rings is 1. The molecule has 0 atom stereocenters. The van der Waals surface area contributed by atoms with Crippen LogP contribution in [0.25, 0.3) is 21.9 Å². The van der Waals surface area contributed by atoms with Crippen LogP contribution < -0.4 is 4.90 Å². The lowest BCUT2D eigenvalue weighted by Crippen LogP contribution is -2.21. The number of benzene rings is 2. The van der Waals surface area contributed by atoms with E-state index in [1.165, 1.54) is 10.8 Å². The maximum Gasteiger partial charge on any atom is 0.159 e. The van der Waals surface area contributed by atoms with Crippen LogP contribution in [0.15, 0.2) is 59.3 Å². The fourth-order valence-electron chi connectivity index (χ4n) is 2.64. The standard InChI is InChI=1S/C16H14N2O/c1-17-9-10-18(11-17)14-7-4-6-13-12-5-2-3-8-15(12)19-16(13)14/h2-10H,11H2,1H3. The predicted molar refractivity (Wildman–Crippen MR) is 78.0 cm³/mol. The van der Waals surface area contributed by atoms with Gasteiger partial charge in [0.15, 0.2) is 5.58 Å². The van der Waals surface area contributed by atoms with E-state index in [1.807, 2.05) is 18.2 Å². The summed E-state index contributed by atoms with van der Waals surface area (Å²) in [7, 11) is 2.06. The molecule has 4 rings (SSSR count). The first-order chi connectivity index (χ1) is 9.33. The molecule has 0 aliphatic carbocycles. The third-order valence-corrected chi connectivity index (χ3v) is 3.57. The lowest BCUT2D eigenvalue weighted by Gasteiger charge is -2.18. The molecule has 1 aliphatic rings. The van der Waals surface area contributed by atoms with Gasteiger partial charge in [0.25, 0.3) is 0 Å². The number of anilines is 1. The molecule has 0 amide bonds. The van der Waals surface area contributed by atoms with Crippen LogP contribution in [0, 0.1) is 0 Å². The summed E-state index contributed by atoms with van der Waals surface area (Å²) in [6, 6.07) is 14.5. The van der Waals surface area contributed by atoms with Gasteiger partial charge in [-0.15, -0.1) is 0 Å². The van der Waals surface area contributed by atoms with Crippen LogP contribution in [0.5, 0.6) is 0 Å². The Balaban J connectivity index is 1.99. The Morgan fingerprint density at radius 2 is 1.79 bits per heavy atom. The van der Waals surface area contributed by atoms with Crippen LogP contribution in [-0.4, -0.2) is 18.6 Å². The summed E-state index contributed by atoms with van der Waals surface area (Å²) in [6.07, 6.45) is 4.16. The van der Waals surface area contributed by atoms with Crippen molar-refractivity contribution in [1.29, 1.82) is 0 Å². The highest BCUT2D eigenvalue weighted by Crippen LogP contribution is 2.35. The van der Waals surface area contributed by atoms with E-state index in [0.717, 1.165) is 23.5 Å². The zero-order valence-corrected chi connectivity index (χ0v) is 10.7. The van der Waals surface area contributed by atoms with Gasteiger partial charge in [-0.3, -0.25) is 0 Å². The van der Waals surface area contributed by atoms with Gasteiger partial charge in [-0.2, -0.15) is 0 Å². The Bertz CT molecular complexity index is 788. The van der Waals surface area contributed by atoms with E-state index in [4.69, 9.17) is 4.42 Å². The second-order valence-corrected chi connectivity index (χ2v) is 4.92. The minimum Gasteiger partial charge on any atom is -0.454 e. The Kier molecular flexibility index (Phi) is 2.09. The summed E-state index contributed by atoms with van der Waals surface area (Å²) in [5.41, 5.74) is 3.03. The van der Waals surface area contributed by atoms with Crippen molar-refractivity contribution in [3.05, 3.63) is 54.9 Å². The Morgan fingerprint density at radius 3 is 2.63 bits per heavy atom. The average Bonchev–Trinajstić information content (AvgIpc) is 3.02. The monoisotopic (exact) mass is 250 g/mol. The van der Waals surface area contributed by atoms with Gasteiger partial charge < -0.3 is 14.2 Å². The van der Waals surface area contributed by atoms with E-state index in [1.54, 1.807) is 0 Å². The van der Waals surface area contributed by atoms with Crippen molar-refractivity contribution in [2.24, 2.45) is 0 Å². The normalized spacial score (nSPS) is 15.0. The van der Waals surface area contributed by atoms with Gasteiger partial charge in [-0.25, -0.2) is 0 Å². The molecule has 0 spiro atoms. The SMILES string of the molecule is CN1C=CN(c2cccc3c2oc2ccccc23)C1. The highest BCUT2D eigenvalue weighted by Gasteiger charge is 2.17. The molecular formula is C16H14N2O. The Morgan fingerprint density at radius 1 is 0.947 bits per heavy atom. The van der Waals surface area contributed by atoms with Gasteiger partial charge in [-0.1, -0.05) is 30.3 Å². The Hall–Kier alpha value is -2.42. The summed E-state index contributed by atoms with van der Waals surface area (Å²) in [5, 5.41) is 2.35. The molecule has 0 N–H and O–H groups in total. The minimum atomic E-state index is 0.857. The Labute approximate surface area is 111 Å². The first-order valence-corrected chi connectivity index (χ1v) is 6.38. The van der Waals surface area contributed by atoms with E-state index in [-0.39, 0.29) is 0 Å². The molecule has 0 saturated carbocycles. The molecule has 0 fully saturated rings. The van der Waals surface area contributed by atoms with Crippen molar-refractivity contribution >= 4 is 27.6 Å². The highest BCUT2D eigenvalue weighted by molar-refractivity contribution is 6.08. The molecular weight excluding hydrogens is 236 g/mol. The van der Waals surface area contributed by atoms with Crippen LogP contribution in [-0.2, 0) is 0 Å². The van der Waals surface area contributed by atoms with Gasteiger partial charge in [0, 0.05) is 30.2 Å². The molecule has 2 heterocycles. The van der Waals surface area contributed by atoms with E-state index in [2.05, 4.69) is 53.5 Å². The maximum atomic E-state index is 6.04.